The van der Waals surface area contributed by atoms with E-state index in [9.17, 15) is 9.90 Å². The average Bonchev–Trinajstić information content (AvgIpc) is 3.19. The number of carbonyl (C=O) groups is 1. The normalized spacial score (nSPS) is 17.6. The van der Waals surface area contributed by atoms with Gasteiger partial charge in [0.25, 0.3) is 0 Å². The molecule has 6 heteroatoms. The van der Waals surface area contributed by atoms with Gasteiger partial charge in [-0.25, -0.2) is 0 Å². The standard InChI is InChI=1S/C18H23N3O2S/c1-2-14(13-8-4-3-5-9-13)16-20-21-17(24-16)19-15(22)12-18(23)10-6-7-11-18/h3-5,8-9,14,23H,2,6-7,10-12H2,1H3,(H,19,21,22). The average molecular weight is 345 g/mol. The lowest BCUT2D eigenvalue weighted by Gasteiger charge is -2.20. The van der Waals surface area contributed by atoms with Crippen LogP contribution in [0.25, 0.3) is 0 Å². The monoisotopic (exact) mass is 345 g/mol. The Kier molecular flexibility index (Phi) is 5.26. The smallest absolute Gasteiger partial charge is 0.229 e. The van der Waals surface area contributed by atoms with Gasteiger partial charge in [0.1, 0.15) is 5.01 Å². The minimum atomic E-state index is -0.840. The first-order valence-corrected chi connectivity index (χ1v) is 9.32. The van der Waals surface area contributed by atoms with Crippen molar-refractivity contribution >= 4 is 22.4 Å². The minimum absolute atomic E-state index is 0.137. The zero-order chi connectivity index (χ0) is 17.0. The van der Waals surface area contributed by atoms with Crippen molar-refractivity contribution in [2.24, 2.45) is 0 Å². The molecule has 1 unspecified atom stereocenters. The Morgan fingerprint density at radius 2 is 2.00 bits per heavy atom. The zero-order valence-corrected chi connectivity index (χ0v) is 14.7. The molecule has 1 aromatic heterocycles. The fourth-order valence-electron chi connectivity index (χ4n) is 3.34. The van der Waals surface area contributed by atoms with E-state index in [1.165, 1.54) is 16.9 Å². The van der Waals surface area contributed by atoms with E-state index in [1.54, 1.807) is 0 Å². The summed E-state index contributed by atoms with van der Waals surface area (Å²) in [4.78, 5) is 12.2. The number of hydrogen-bond acceptors (Lipinski definition) is 5. The summed E-state index contributed by atoms with van der Waals surface area (Å²) in [6, 6.07) is 10.2. The van der Waals surface area contributed by atoms with Crippen LogP contribution in [0.3, 0.4) is 0 Å². The Labute approximate surface area is 146 Å². The predicted octanol–water partition coefficient (Wildman–Crippen LogP) is 3.71. The third-order valence-corrected chi connectivity index (χ3v) is 5.57. The Hall–Kier alpha value is -1.79. The second-order valence-electron chi connectivity index (χ2n) is 6.47. The van der Waals surface area contributed by atoms with Crippen LogP contribution in [0.1, 0.15) is 61.9 Å². The Morgan fingerprint density at radius 3 is 2.67 bits per heavy atom. The Balaban J connectivity index is 1.65. The highest BCUT2D eigenvalue weighted by molar-refractivity contribution is 7.15. The van der Waals surface area contributed by atoms with Crippen LogP contribution < -0.4 is 5.32 Å². The number of anilines is 1. The number of amides is 1. The minimum Gasteiger partial charge on any atom is -0.389 e. The molecular weight excluding hydrogens is 322 g/mol. The van der Waals surface area contributed by atoms with Gasteiger partial charge < -0.3 is 10.4 Å². The fourth-order valence-corrected chi connectivity index (χ4v) is 4.31. The van der Waals surface area contributed by atoms with Crippen molar-refractivity contribution in [1.29, 1.82) is 0 Å². The summed E-state index contributed by atoms with van der Waals surface area (Å²) in [5.74, 6) is 0.00299. The van der Waals surface area contributed by atoms with Crippen LogP contribution in [-0.2, 0) is 4.79 Å². The van der Waals surface area contributed by atoms with E-state index in [0.717, 1.165) is 24.3 Å². The zero-order valence-electron chi connectivity index (χ0n) is 13.9. The van der Waals surface area contributed by atoms with Gasteiger partial charge in [-0.2, -0.15) is 0 Å². The van der Waals surface area contributed by atoms with Crippen molar-refractivity contribution in [3.8, 4) is 0 Å². The number of nitrogens with zero attached hydrogens (tertiary/aromatic N) is 2. The van der Waals surface area contributed by atoms with E-state index >= 15 is 0 Å². The molecule has 0 saturated heterocycles. The van der Waals surface area contributed by atoms with Gasteiger partial charge in [0.15, 0.2) is 0 Å². The van der Waals surface area contributed by atoms with E-state index in [-0.39, 0.29) is 18.2 Å². The molecule has 1 fully saturated rings. The van der Waals surface area contributed by atoms with Gasteiger partial charge in [-0.05, 0) is 24.8 Å². The second-order valence-corrected chi connectivity index (χ2v) is 7.48. The number of aromatic nitrogens is 2. The molecule has 0 spiro atoms. The van der Waals surface area contributed by atoms with E-state index in [4.69, 9.17) is 0 Å². The number of benzene rings is 1. The Bertz CT molecular complexity index is 681. The highest BCUT2D eigenvalue weighted by Crippen LogP contribution is 2.34. The van der Waals surface area contributed by atoms with Crippen LogP contribution in [0.4, 0.5) is 5.13 Å². The predicted molar refractivity (Wildman–Crippen MR) is 95.1 cm³/mol. The first-order chi connectivity index (χ1) is 11.6. The van der Waals surface area contributed by atoms with Crippen molar-refractivity contribution in [2.45, 2.75) is 57.0 Å². The van der Waals surface area contributed by atoms with Crippen molar-refractivity contribution in [3.63, 3.8) is 0 Å². The van der Waals surface area contributed by atoms with E-state index in [1.807, 2.05) is 18.2 Å². The van der Waals surface area contributed by atoms with E-state index < -0.39 is 5.60 Å². The van der Waals surface area contributed by atoms with Crippen LogP contribution >= 0.6 is 11.3 Å². The fraction of sp³-hybridized carbons (Fsp3) is 0.500. The molecule has 0 bridgehead atoms. The van der Waals surface area contributed by atoms with Crippen LogP contribution in [0.15, 0.2) is 30.3 Å². The van der Waals surface area contributed by atoms with Gasteiger partial charge >= 0.3 is 0 Å². The third-order valence-electron chi connectivity index (χ3n) is 4.62. The van der Waals surface area contributed by atoms with Gasteiger partial charge in [-0.15, -0.1) is 10.2 Å². The lowest BCUT2D eigenvalue weighted by molar-refractivity contribution is -0.120. The Morgan fingerprint density at radius 1 is 1.29 bits per heavy atom. The largest absolute Gasteiger partial charge is 0.389 e. The molecule has 1 aliphatic carbocycles. The summed E-state index contributed by atoms with van der Waals surface area (Å²) in [5.41, 5.74) is 0.363. The molecule has 0 radical (unpaired) electrons. The maximum atomic E-state index is 12.2. The number of carbonyl (C=O) groups excluding carboxylic acids is 1. The summed E-state index contributed by atoms with van der Waals surface area (Å²) in [6.07, 6.45) is 4.44. The molecule has 24 heavy (non-hydrogen) atoms. The molecule has 2 N–H and O–H groups in total. The summed E-state index contributed by atoms with van der Waals surface area (Å²) < 4.78 is 0. The molecule has 1 aliphatic rings. The molecule has 1 saturated carbocycles. The molecule has 2 aromatic rings. The topological polar surface area (TPSA) is 75.1 Å². The van der Waals surface area contributed by atoms with Crippen LogP contribution in [0.5, 0.6) is 0 Å². The molecule has 0 aliphatic heterocycles. The number of hydrogen-bond donors (Lipinski definition) is 2. The van der Waals surface area contributed by atoms with Crippen molar-refractivity contribution in [1.82, 2.24) is 10.2 Å². The van der Waals surface area contributed by atoms with Crippen molar-refractivity contribution in [2.75, 3.05) is 5.32 Å². The summed E-state index contributed by atoms with van der Waals surface area (Å²) >= 11 is 1.41. The maximum absolute atomic E-state index is 12.2. The van der Waals surface area contributed by atoms with Crippen LogP contribution in [-0.4, -0.2) is 26.8 Å². The lowest BCUT2D eigenvalue weighted by atomic mass is 9.97. The molecule has 128 valence electrons. The van der Waals surface area contributed by atoms with E-state index in [2.05, 4.69) is 34.6 Å². The van der Waals surface area contributed by atoms with Crippen LogP contribution in [0, 0.1) is 0 Å². The second kappa shape index (κ2) is 7.40. The summed E-state index contributed by atoms with van der Waals surface area (Å²) in [7, 11) is 0. The summed E-state index contributed by atoms with van der Waals surface area (Å²) in [6.45, 7) is 2.12. The van der Waals surface area contributed by atoms with Gasteiger partial charge in [0, 0.05) is 5.92 Å². The van der Waals surface area contributed by atoms with Crippen LogP contribution in [0.2, 0.25) is 0 Å². The molecule has 1 aromatic carbocycles. The van der Waals surface area contributed by atoms with Crippen molar-refractivity contribution < 1.29 is 9.90 Å². The van der Waals surface area contributed by atoms with Gasteiger partial charge in [-0.3, -0.25) is 4.79 Å². The molecule has 5 nitrogen and oxygen atoms in total. The SMILES string of the molecule is CCC(c1ccccc1)c1nnc(NC(=O)CC2(O)CCCC2)s1. The molecule has 3 rings (SSSR count). The quantitative estimate of drug-likeness (QED) is 0.837. The highest BCUT2D eigenvalue weighted by atomic mass is 32.1. The first-order valence-electron chi connectivity index (χ1n) is 8.50. The lowest BCUT2D eigenvalue weighted by Crippen LogP contribution is -2.30. The number of nitrogens with one attached hydrogen (secondary N) is 1. The number of rotatable bonds is 6. The molecule has 1 atom stereocenters. The van der Waals surface area contributed by atoms with Gasteiger partial charge in [0.05, 0.1) is 12.0 Å². The molecule has 1 amide bonds. The van der Waals surface area contributed by atoms with E-state index in [0.29, 0.717) is 18.0 Å². The summed E-state index contributed by atoms with van der Waals surface area (Å²) in [5, 5.41) is 22.9. The number of aliphatic hydroxyl groups is 1. The maximum Gasteiger partial charge on any atom is 0.229 e. The highest BCUT2D eigenvalue weighted by Gasteiger charge is 2.33. The van der Waals surface area contributed by atoms with Gasteiger partial charge in [-0.1, -0.05) is 61.4 Å². The van der Waals surface area contributed by atoms with Gasteiger partial charge in [0.2, 0.25) is 11.0 Å². The first kappa shape index (κ1) is 17.0. The molecule has 1 heterocycles. The van der Waals surface area contributed by atoms with Crippen molar-refractivity contribution in [3.05, 3.63) is 40.9 Å². The molecular formula is C18H23N3O2S. The third kappa shape index (κ3) is 3.99.